The summed E-state index contributed by atoms with van der Waals surface area (Å²) in [6.07, 6.45) is -2.76. The van der Waals surface area contributed by atoms with E-state index < -0.39 is 24.2 Å². The first-order chi connectivity index (χ1) is 4.63. The third-order valence-corrected chi connectivity index (χ3v) is 1.43. The molecular formula is C5H9ClO4. The maximum atomic E-state index is 9.82. The van der Waals surface area contributed by atoms with E-state index in [1.165, 1.54) is 0 Å². The van der Waals surface area contributed by atoms with Crippen molar-refractivity contribution in [2.24, 2.45) is 0 Å². The number of alkyl halides is 1. The van der Waals surface area contributed by atoms with E-state index in [0.717, 1.165) is 0 Å². The Balaban J connectivity index is 3.80. The van der Waals surface area contributed by atoms with Crippen molar-refractivity contribution < 1.29 is 20.1 Å². The Labute approximate surface area is 63.0 Å². The number of hydrogen-bond acceptors (Lipinski definition) is 4. The highest BCUT2D eigenvalue weighted by Crippen LogP contribution is 2.04. The van der Waals surface area contributed by atoms with Crippen LogP contribution < -0.4 is 0 Å². The molecule has 3 unspecified atom stereocenters. The third kappa shape index (κ3) is 2.62. The van der Waals surface area contributed by atoms with Gasteiger partial charge in [0.05, 0.1) is 12.0 Å². The summed E-state index contributed by atoms with van der Waals surface area (Å²) in [6, 6.07) is 0. The van der Waals surface area contributed by atoms with Crippen molar-refractivity contribution in [1.82, 2.24) is 0 Å². The number of hydrogen-bond donors (Lipinski definition) is 3. The summed E-state index contributed by atoms with van der Waals surface area (Å²) in [6.45, 7) is -0.479. The predicted molar refractivity (Wildman–Crippen MR) is 34.8 cm³/mol. The standard InChI is InChI=1S/C5H9ClO4/c6-3(1-7)5(10)4(9)2-8/h2-5,7,9-10H,1H2. The first-order valence-corrected chi connectivity index (χ1v) is 3.13. The molecular weight excluding hydrogens is 160 g/mol. The number of aliphatic hydroxyl groups is 3. The van der Waals surface area contributed by atoms with E-state index in [2.05, 4.69) is 0 Å². The van der Waals surface area contributed by atoms with E-state index in [1.54, 1.807) is 0 Å². The molecule has 0 aromatic heterocycles. The molecule has 0 fully saturated rings. The highest BCUT2D eigenvalue weighted by atomic mass is 35.5. The summed E-state index contributed by atoms with van der Waals surface area (Å²) in [7, 11) is 0. The molecule has 0 aromatic rings. The van der Waals surface area contributed by atoms with Gasteiger partial charge in [0.25, 0.3) is 0 Å². The lowest BCUT2D eigenvalue weighted by molar-refractivity contribution is -0.120. The minimum atomic E-state index is -1.52. The quantitative estimate of drug-likeness (QED) is 0.353. The molecule has 0 bridgehead atoms. The molecule has 0 amide bonds. The van der Waals surface area contributed by atoms with Crippen LogP contribution in [-0.2, 0) is 4.79 Å². The average molecular weight is 169 g/mol. The third-order valence-electron chi connectivity index (χ3n) is 1.03. The monoisotopic (exact) mass is 168 g/mol. The van der Waals surface area contributed by atoms with E-state index in [4.69, 9.17) is 26.9 Å². The Bertz CT molecular complexity index is 108. The van der Waals surface area contributed by atoms with Crippen LogP contribution in [0.2, 0.25) is 0 Å². The minimum absolute atomic E-state index is 0.162. The molecule has 0 spiro atoms. The highest BCUT2D eigenvalue weighted by molar-refractivity contribution is 6.21. The smallest absolute Gasteiger partial charge is 0.151 e. The number of carbonyl (C=O) groups excluding carboxylic acids is 1. The minimum Gasteiger partial charge on any atom is -0.395 e. The molecule has 3 N–H and O–H groups in total. The normalized spacial score (nSPS) is 19.6. The number of carbonyl (C=O) groups is 1. The van der Waals surface area contributed by atoms with Gasteiger partial charge in [-0.05, 0) is 0 Å². The lowest BCUT2D eigenvalue weighted by Crippen LogP contribution is -2.37. The Morgan fingerprint density at radius 1 is 1.50 bits per heavy atom. The maximum Gasteiger partial charge on any atom is 0.151 e. The van der Waals surface area contributed by atoms with Crippen molar-refractivity contribution in [1.29, 1.82) is 0 Å². The molecule has 3 atom stereocenters. The molecule has 0 aliphatic heterocycles. The van der Waals surface area contributed by atoms with Gasteiger partial charge in [-0.25, -0.2) is 0 Å². The zero-order chi connectivity index (χ0) is 8.15. The molecule has 0 aliphatic rings. The van der Waals surface area contributed by atoms with Crippen molar-refractivity contribution >= 4 is 17.9 Å². The van der Waals surface area contributed by atoms with Crippen molar-refractivity contribution in [2.45, 2.75) is 17.6 Å². The highest BCUT2D eigenvalue weighted by Gasteiger charge is 2.22. The van der Waals surface area contributed by atoms with Crippen molar-refractivity contribution in [2.75, 3.05) is 6.61 Å². The lowest BCUT2D eigenvalue weighted by Gasteiger charge is -2.15. The van der Waals surface area contributed by atoms with Crippen LogP contribution in [0.3, 0.4) is 0 Å². The average Bonchev–Trinajstić information content (AvgIpc) is 2.00. The summed E-state index contributed by atoms with van der Waals surface area (Å²) in [5, 5.41) is 24.8. The molecule has 0 aromatic carbocycles. The van der Waals surface area contributed by atoms with Crippen LogP contribution >= 0.6 is 11.6 Å². The Hall–Kier alpha value is -0.160. The first-order valence-electron chi connectivity index (χ1n) is 2.69. The Morgan fingerprint density at radius 2 is 2.00 bits per heavy atom. The molecule has 4 nitrogen and oxygen atoms in total. The van der Waals surface area contributed by atoms with Gasteiger partial charge in [0.15, 0.2) is 6.29 Å². The molecule has 60 valence electrons. The fourth-order valence-corrected chi connectivity index (χ4v) is 0.551. The number of aldehydes is 1. The molecule has 0 saturated carbocycles. The zero-order valence-corrected chi connectivity index (χ0v) is 5.90. The second-order valence-corrected chi connectivity index (χ2v) is 2.38. The van der Waals surface area contributed by atoms with Gasteiger partial charge >= 0.3 is 0 Å². The fourth-order valence-electron chi connectivity index (χ4n) is 0.402. The first kappa shape index (κ1) is 9.84. The lowest BCUT2D eigenvalue weighted by atomic mass is 10.1. The van der Waals surface area contributed by atoms with Crippen LogP contribution in [-0.4, -0.2) is 45.8 Å². The van der Waals surface area contributed by atoms with Crippen LogP contribution in [0.15, 0.2) is 0 Å². The summed E-state index contributed by atoms with van der Waals surface area (Å²) < 4.78 is 0. The van der Waals surface area contributed by atoms with E-state index in [9.17, 15) is 4.79 Å². The summed E-state index contributed by atoms with van der Waals surface area (Å²) in [5.41, 5.74) is 0. The fraction of sp³-hybridized carbons (Fsp3) is 0.800. The number of aliphatic hydroxyl groups excluding tert-OH is 3. The van der Waals surface area contributed by atoms with Crippen molar-refractivity contribution in [3.05, 3.63) is 0 Å². The topological polar surface area (TPSA) is 77.8 Å². The molecule has 5 heteroatoms. The largest absolute Gasteiger partial charge is 0.395 e. The molecule has 0 saturated heterocycles. The number of rotatable bonds is 4. The van der Waals surface area contributed by atoms with Gasteiger partial charge in [0.2, 0.25) is 0 Å². The molecule has 0 radical (unpaired) electrons. The summed E-state index contributed by atoms with van der Waals surface area (Å²) >= 11 is 5.27. The van der Waals surface area contributed by atoms with Crippen LogP contribution in [0.5, 0.6) is 0 Å². The van der Waals surface area contributed by atoms with E-state index in [-0.39, 0.29) is 6.29 Å². The van der Waals surface area contributed by atoms with Gasteiger partial charge in [-0.1, -0.05) is 0 Å². The molecule has 0 heterocycles. The zero-order valence-electron chi connectivity index (χ0n) is 5.14. The van der Waals surface area contributed by atoms with Gasteiger partial charge in [-0.2, -0.15) is 0 Å². The molecule has 0 aliphatic carbocycles. The second kappa shape index (κ2) is 4.62. The van der Waals surface area contributed by atoms with Crippen molar-refractivity contribution in [3.63, 3.8) is 0 Å². The van der Waals surface area contributed by atoms with Gasteiger partial charge in [-0.15, -0.1) is 11.6 Å². The summed E-state index contributed by atoms with van der Waals surface area (Å²) in [5.74, 6) is 0. The van der Waals surface area contributed by atoms with Gasteiger partial charge in [-0.3, -0.25) is 0 Å². The SMILES string of the molecule is O=CC(O)C(O)C(Cl)CO. The van der Waals surface area contributed by atoms with Gasteiger partial charge < -0.3 is 20.1 Å². The van der Waals surface area contributed by atoms with E-state index >= 15 is 0 Å². The van der Waals surface area contributed by atoms with Crippen LogP contribution in [0.1, 0.15) is 0 Å². The predicted octanol–water partition coefficient (Wildman–Crippen LogP) is -1.49. The Morgan fingerprint density at radius 3 is 2.30 bits per heavy atom. The van der Waals surface area contributed by atoms with Crippen LogP contribution in [0.25, 0.3) is 0 Å². The summed E-state index contributed by atoms with van der Waals surface area (Å²) in [4.78, 5) is 9.82. The van der Waals surface area contributed by atoms with Crippen LogP contribution in [0.4, 0.5) is 0 Å². The van der Waals surface area contributed by atoms with Gasteiger partial charge in [0.1, 0.15) is 12.2 Å². The molecule has 10 heavy (non-hydrogen) atoms. The number of halogens is 1. The van der Waals surface area contributed by atoms with Gasteiger partial charge in [0, 0.05) is 0 Å². The second-order valence-electron chi connectivity index (χ2n) is 1.82. The van der Waals surface area contributed by atoms with Crippen molar-refractivity contribution in [3.8, 4) is 0 Å². The Kier molecular flexibility index (Phi) is 4.55. The van der Waals surface area contributed by atoms with E-state index in [1.807, 2.05) is 0 Å². The van der Waals surface area contributed by atoms with Crippen LogP contribution in [0, 0.1) is 0 Å². The molecule has 0 rings (SSSR count). The maximum absolute atomic E-state index is 9.82. The van der Waals surface area contributed by atoms with E-state index in [0.29, 0.717) is 0 Å².